The van der Waals surface area contributed by atoms with Crippen LogP contribution in [0.25, 0.3) is 0 Å². The summed E-state index contributed by atoms with van der Waals surface area (Å²) in [5.41, 5.74) is 1.15. The molecule has 0 fully saturated rings. The number of ether oxygens (including phenoxy) is 2. The quantitative estimate of drug-likeness (QED) is 0.700. The molecule has 0 saturated carbocycles. The number of rotatable bonds is 6. The molecule has 0 N–H and O–H groups in total. The average Bonchev–Trinajstić information content (AvgIpc) is 2.36. The van der Waals surface area contributed by atoms with Crippen LogP contribution in [0.5, 0.6) is 5.75 Å². The summed E-state index contributed by atoms with van der Waals surface area (Å²) in [6.45, 7) is 1.10. The van der Waals surface area contributed by atoms with Gasteiger partial charge in [0.05, 0.1) is 20.8 Å². The molecule has 1 aromatic rings. The lowest BCUT2D eigenvalue weighted by molar-refractivity contribution is -0.141. The molecule has 0 amide bonds. The first-order valence-electron chi connectivity index (χ1n) is 5.54. The standard InChI is InChI=1S/C13H19NO3/c1-14(10-13(15)17-3)9-8-11-6-4-5-7-12(11)16-2/h4-7H,8-10H2,1-3H3. The van der Waals surface area contributed by atoms with Gasteiger partial charge in [-0.25, -0.2) is 0 Å². The number of para-hydroxylation sites is 1. The highest BCUT2D eigenvalue weighted by atomic mass is 16.5. The van der Waals surface area contributed by atoms with Crippen LogP contribution < -0.4 is 4.74 Å². The van der Waals surface area contributed by atoms with Gasteiger partial charge in [0.2, 0.25) is 0 Å². The summed E-state index contributed by atoms with van der Waals surface area (Å²) in [7, 11) is 4.96. The molecular weight excluding hydrogens is 218 g/mol. The number of hydrogen-bond acceptors (Lipinski definition) is 4. The van der Waals surface area contributed by atoms with Crippen LogP contribution in [0.2, 0.25) is 0 Å². The Morgan fingerprint density at radius 2 is 2.00 bits per heavy atom. The molecule has 1 rings (SSSR count). The Labute approximate surface area is 102 Å². The van der Waals surface area contributed by atoms with E-state index in [4.69, 9.17) is 4.74 Å². The summed E-state index contributed by atoms with van der Waals surface area (Å²) < 4.78 is 9.88. The van der Waals surface area contributed by atoms with Crippen LogP contribution in [0.4, 0.5) is 0 Å². The molecule has 4 nitrogen and oxygen atoms in total. The Morgan fingerprint density at radius 3 is 2.65 bits per heavy atom. The second-order valence-corrected chi connectivity index (χ2v) is 3.88. The summed E-state index contributed by atoms with van der Waals surface area (Å²) in [4.78, 5) is 13.0. The fourth-order valence-electron chi connectivity index (χ4n) is 1.58. The van der Waals surface area contributed by atoms with Crippen LogP contribution in [0.1, 0.15) is 5.56 Å². The van der Waals surface area contributed by atoms with Gasteiger partial charge in [0.1, 0.15) is 5.75 Å². The smallest absolute Gasteiger partial charge is 0.319 e. The van der Waals surface area contributed by atoms with E-state index >= 15 is 0 Å². The molecule has 17 heavy (non-hydrogen) atoms. The van der Waals surface area contributed by atoms with Gasteiger partial charge in [0.25, 0.3) is 0 Å². The molecular formula is C13H19NO3. The second-order valence-electron chi connectivity index (χ2n) is 3.88. The van der Waals surface area contributed by atoms with Gasteiger partial charge in [-0.1, -0.05) is 18.2 Å². The van der Waals surface area contributed by atoms with Crippen LogP contribution in [-0.2, 0) is 16.0 Å². The number of methoxy groups -OCH3 is 2. The third-order valence-corrected chi connectivity index (χ3v) is 2.58. The van der Waals surface area contributed by atoms with Crippen molar-refractivity contribution in [2.45, 2.75) is 6.42 Å². The summed E-state index contributed by atoms with van der Waals surface area (Å²) in [6, 6.07) is 7.90. The van der Waals surface area contributed by atoms with Crippen molar-refractivity contribution in [1.29, 1.82) is 0 Å². The molecule has 0 atom stereocenters. The molecule has 0 aromatic heterocycles. The van der Waals surface area contributed by atoms with Gasteiger partial charge in [-0.05, 0) is 25.1 Å². The predicted octanol–water partition coefficient (Wildman–Crippen LogP) is 1.34. The normalized spacial score (nSPS) is 10.4. The van der Waals surface area contributed by atoms with Crippen molar-refractivity contribution in [3.8, 4) is 5.75 Å². The molecule has 0 spiro atoms. The van der Waals surface area contributed by atoms with Crippen LogP contribution in [0, 0.1) is 0 Å². The first kappa shape index (κ1) is 13.5. The maximum Gasteiger partial charge on any atom is 0.319 e. The lowest BCUT2D eigenvalue weighted by Crippen LogP contribution is -2.28. The molecule has 94 valence electrons. The van der Waals surface area contributed by atoms with Gasteiger partial charge in [0.15, 0.2) is 0 Å². The van der Waals surface area contributed by atoms with E-state index in [2.05, 4.69) is 4.74 Å². The van der Waals surface area contributed by atoms with Crippen LogP contribution >= 0.6 is 0 Å². The number of likely N-dealkylation sites (N-methyl/N-ethyl adjacent to an activating group) is 1. The number of esters is 1. The summed E-state index contributed by atoms with van der Waals surface area (Å²) in [5, 5.41) is 0. The minimum Gasteiger partial charge on any atom is -0.496 e. The van der Waals surface area contributed by atoms with E-state index in [9.17, 15) is 4.79 Å². The van der Waals surface area contributed by atoms with Crippen molar-refractivity contribution >= 4 is 5.97 Å². The van der Waals surface area contributed by atoms with E-state index in [0.717, 1.165) is 24.3 Å². The highest BCUT2D eigenvalue weighted by molar-refractivity contribution is 5.71. The molecule has 0 heterocycles. The van der Waals surface area contributed by atoms with Crippen molar-refractivity contribution in [3.05, 3.63) is 29.8 Å². The lowest BCUT2D eigenvalue weighted by Gasteiger charge is -2.15. The Hall–Kier alpha value is -1.55. The average molecular weight is 237 g/mol. The van der Waals surface area contributed by atoms with Crippen molar-refractivity contribution in [1.82, 2.24) is 4.90 Å². The number of carbonyl (C=O) groups is 1. The number of benzene rings is 1. The van der Waals surface area contributed by atoms with Crippen molar-refractivity contribution in [2.24, 2.45) is 0 Å². The third-order valence-electron chi connectivity index (χ3n) is 2.58. The van der Waals surface area contributed by atoms with Crippen LogP contribution in [0.15, 0.2) is 24.3 Å². The topological polar surface area (TPSA) is 38.8 Å². The molecule has 0 saturated heterocycles. The second kappa shape index (κ2) is 6.91. The monoisotopic (exact) mass is 237 g/mol. The zero-order valence-corrected chi connectivity index (χ0v) is 10.6. The zero-order valence-electron chi connectivity index (χ0n) is 10.6. The van der Waals surface area contributed by atoms with Gasteiger partial charge in [-0.3, -0.25) is 9.69 Å². The van der Waals surface area contributed by atoms with E-state index in [1.165, 1.54) is 7.11 Å². The Bertz CT molecular complexity index is 365. The molecule has 0 unspecified atom stereocenters. The van der Waals surface area contributed by atoms with E-state index < -0.39 is 0 Å². The molecule has 4 heteroatoms. The minimum absolute atomic E-state index is 0.215. The van der Waals surface area contributed by atoms with E-state index in [1.54, 1.807) is 7.11 Å². The number of nitrogens with zero attached hydrogens (tertiary/aromatic N) is 1. The number of carbonyl (C=O) groups excluding carboxylic acids is 1. The van der Waals surface area contributed by atoms with Crippen LogP contribution in [-0.4, -0.2) is 45.2 Å². The molecule has 0 aliphatic rings. The zero-order chi connectivity index (χ0) is 12.7. The summed E-state index contributed by atoms with van der Waals surface area (Å²) >= 11 is 0. The van der Waals surface area contributed by atoms with Crippen LogP contribution in [0.3, 0.4) is 0 Å². The third kappa shape index (κ3) is 4.44. The lowest BCUT2D eigenvalue weighted by atomic mass is 10.1. The SMILES string of the molecule is COC(=O)CN(C)CCc1ccccc1OC. The van der Waals surface area contributed by atoms with E-state index in [-0.39, 0.29) is 5.97 Å². The first-order valence-corrected chi connectivity index (χ1v) is 5.54. The van der Waals surface area contributed by atoms with Crippen molar-refractivity contribution in [3.63, 3.8) is 0 Å². The molecule has 0 bridgehead atoms. The molecule has 0 radical (unpaired) electrons. The maximum absolute atomic E-state index is 11.1. The number of hydrogen-bond donors (Lipinski definition) is 0. The first-order chi connectivity index (χ1) is 8.17. The van der Waals surface area contributed by atoms with Crippen molar-refractivity contribution in [2.75, 3.05) is 34.4 Å². The van der Waals surface area contributed by atoms with Gasteiger partial charge in [0, 0.05) is 6.54 Å². The Kier molecular flexibility index (Phi) is 5.49. The van der Waals surface area contributed by atoms with Crippen molar-refractivity contribution < 1.29 is 14.3 Å². The maximum atomic E-state index is 11.1. The Balaban J connectivity index is 2.47. The van der Waals surface area contributed by atoms with Gasteiger partial charge < -0.3 is 9.47 Å². The minimum atomic E-state index is -0.215. The summed E-state index contributed by atoms with van der Waals surface area (Å²) in [5.74, 6) is 0.673. The fraction of sp³-hybridized carbons (Fsp3) is 0.462. The van der Waals surface area contributed by atoms with Gasteiger partial charge in [-0.2, -0.15) is 0 Å². The largest absolute Gasteiger partial charge is 0.496 e. The Morgan fingerprint density at radius 1 is 1.29 bits per heavy atom. The van der Waals surface area contributed by atoms with Gasteiger partial charge >= 0.3 is 5.97 Å². The molecule has 0 aliphatic heterocycles. The molecule has 0 aliphatic carbocycles. The summed E-state index contributed by atoms with van der Waals surface area (Å²) in [6.07, 6.45) is 0.845. The van der Waals surface area contributed by atoms with E-state index in [1.807, 2.05) is 36.2 Å². The fourth-order valence-corrected chi connectivity index (χ4v) is 1.58. The highest BCUT2D eigenvalue weighted by Gasteiger charge is 2.07. The van der Waals surface area contributed by atoms with Gasteiger partial charge in [-0.15, -0.1) is 0 Å². The predicted molar refractivity (Wildman–Crippen MR) is 66.2 cm³/mol. The molecule has 1 aromatic carbocycles. The highest BCUT2D eigenvalue weighted by Crippen LogP contribution is 2.17. The van der Waals surface area contributed by atoms with E-state index in [0.29, 0.717) is 6.54 Å².